The van der Waals surface area contributed by atoms with Gasteiger partial charge in [0.05, 0.1) is 6.20 Å². The van der Waals surface area contributed by atoms with Gasteiger partial charge < -0.3 is 15.0 Å². The molecule has 0 aliphatic carbocycles. The zero-order chi connectivity index (χ0) is 16.9. The van der Waals surface area contributed by atoms with E-state index in [1.54, 1.807) is 6.20 Å². The largest absolute Gasteiger partial charge is 0.444 e. The lowest BCUT2D eigenvalue weighted by molar-refractivity contribution is 0.0635. The second-order valence-corrected chi connectivity index (χ2v) is 7.30. The number of aromatic amines is 1. The zero-order valence-electron chi connectivity index (χ0n) is 14.6. The van der Waals surface area contributed by atoms with Crippen molar-refractivity contribution in [2.24, 2.45) is 5.92 Å². The highest BCUT2D eigenvalue weighted by Crippen LogP contribution is 2.16. The Morgan fingerprint density at radius 1 is 1.52 bits per heavy atom. The molecular weight excluding hydrogens is 294 g/mol. The molecule has 0 radical (unpaired) electrons. The molecule has 2 rings (SSSR count). The normalized spacial score (nSPS) is 19.6. The maximum atomic E-state index is 11.8. The number of carbonyl (C=O) groups is 1. The van der Waals surface area contributed by atoms with Crippen LogP contribution in [0, 0.1) is 5.92 Å². The molecule has 7 nitrogen and oxygen atoms in total. The molecule has 1 atom stereocenters. The molecule has 0 saturated carbocycles. The number of piperidine rings is 1. The first kappa shape index (κ1) is 17.7. The summed E-state index contributed by atoms with van der Waals surface area (Å²) in [5, 5.41) is 13.0. The van der Waals surface area contributed by atoms with Crippen molar-refractivity contribution in [1.29, 1.82) is 0 Å². The van der Waals surface area contributed by atoms with Crippen LogP contribution in [-0.2, 0) is 11.3 Å². The number of carbonyl (C=O) groups excluding carboxylic acids is 1. The van der Waals surface area contributed by atoms with E-state index in [4.69, 9.17) is 4.74 Å². The van der Waals surface area contributed by atoms with Crippen LogP contribution in [0.5, 0.6) is 0 Å². The number of amides is 1. The van der Waals surface area contributed by atoms with Gasteiger partial charge in [0, 0.05) is 18.7 Å². The number of anilines is 1. The van der Waals surface area contributed by atoms with E-state index < -0.39 is 11.7 Å². The molecule has 1 unspecified atom stereocenters. The summed E-state index contributed by atoms with van der Waals surface area (Å²) in [6.07, 6.45) is 3.79. The Balaban J connectivity index is 1.78. The van der Waals surface area contributed by atoms with Crippen molar-refractivity contribution in [3.8, 4) is 0 Å². The molecule has 130 valence electrons. The molecule has 1 aliphatic rings. The van der Waals surface area contributed by atoms with Crippen LogP contribution in [0.25, 0.3) is 0 Å². The molecule has 1 amide bonds. The minimum absolute atomic E-state index is 0.475. The molecule has 1 saturated heterocycles. The second-order valence-electron chi connectivity index (χ2n) is 7.30. The molecule has 0 bridgehead atoms. The Bertz CT molecular complexity index is 509. The third-order valence-electron chi connectivity index (χ3n) is 3.81. The van der Waals surface area contributed by atoms with E-state index in [1.807, 2.05) is 20.8 Å². The van der Waals surface area contributed by atoms with E-state index in [2.05, 4.69) is 32.8 Å². The summed E-state index contributed by atoms with van der Waals surface area (Å²) in [4.78, 5) is 14.2. The summed E-state index contributed by atoms with van der Waals surface area (Å²) in [5.41, 5.74) is 0.412. The van der Waals surface area contributed by atoms with E-state index in [-0.39, 0.29) is 0 Å². The van der Waals surface area contributed by atoms with Crippen LogP contribution in [0.3, 0.4) is 0 Å². The SMILES string of the molecule is CN1CCCC(CNCc2cn[nH]c2NC(=O)OC(C)(C)C)C1. The molecule has 1 aliphatic heterocycles. The van der Waals surface area contributed by atoms with Gasteiger partial charge in [-0.3, -0.25) is 10.4 Å². The Morgan fingerprint density at radius 2 is 2.30 bits per heavy atom. The van der Waals surface area contributed by atoms with Gasteiger partial charge in [-0.05, 0) is 59.7 Å². The molecule has 0 aromatic carbocycles. The minimum atomic E-state index is -0.518. The molecule has 1 aromatic rings. The molecule has 23 heavy (non-hydrogen) atoms. The van der Waals surface area contributed by atoms with Crippen LogP contribution in [0.4, 0.5) is 10.6 Å². The maximum absolute atomic E-state index is 11.8. The average molecular weight is 323 g/mol. The molecule has 1 aromatic heterocycles. The van der Waals surface area contributed by atoms with Crippen molar-refractivity contribution < 1.29 is 9.53 Å². The highest BCUT2D eigenvalue weighted by atomic mass is 16.6. The third kappa shape index (κ3) is 6.19. The smallest absolute Gasteiger partial charge is 0.413 e. The second kappa shape index (κ2) is 7.79. The van der Waals surface area contributed by atoms with E-state index in [1.165, 1.54) is 19.4 Å². The zero-order valence-corrected chi connectivity index (χ0v) is 14.6. The van der Waals surface area contributed by atoms with Crippen LogP contribution in [0.15, 0.2) is 6.20 Å². The lowest BCUT2D eigenvalue weighted by Gasteiger charge is -2.29. The van der Waals surface area contributed by atoms with Gasteiger partial charge in [0.25, 0.3) is 0 Å². The van der Waals surface area contributed by atoms with E-state index in [9.17, 15) is 4.79 Å². The maximum Gasteiger partial charge on any atom is 0.413 e. The first-order chi connectivity index (χ1) is 10.8. The summed E-state index contributed by atoms with van der Waals surface area (Å²) in [6.45, 7) is 9.49. The average Bonchev–Trinajstić information content (AvgIpc) is 2.84. The first-order valence-electron chi connectivity index (χ1n) is 8.25. The van der Waals surface area contributed by atoms with Gasteiger partial charge in [0.15, 0.2) is 0 Å². The molecular formula is C16H29N5O2. The number of nitrogens with one attached hydrogen (secondary N) is 3. The van der Waals surface area contributed by atoms with Crippen molar-refractivity contribution in [2.45, 2.75) is 45.8 Å². The Kier molecular flexibility index (Phi) is 6.01. The predicted octanol–water partition coefficient (Wildman–Crippen LogP) is 2.19. The number of likely N-dealkylation sites (tertiary alicyclic amines) is 1. The van der Waals surface area contributed by atoms with Crippen molar-refractivity contribution in [2.75, 3.05) is 32.0 Å². The number of H-pyrrole nitrogens is 1. The summed E-state index contributed by atoms with van der Waals surface area (Å²) < 4.78 is 5.25. The summed E-state index contributed by atoms with van der Waals surface area (Å²) in [6, 6.07) is 0. The van der Waals surface area contributed by atoms with Crippen molar-refractivity contribution in [1.82, 2.24) is 20.4 Å². The third-order valence-corrected chi connectivity index (χ3v) is 3.81. The number of hydrogen-bond acceptors (Lipinski definition) is 5. The van der Waals surface area contributed by atoms with Gasteiger partial charge in [0.2, 0.25) is 0 Å². The van der Waals surface area contributed by atoms with Gasteiger partial charge in [-0.25, -0.2) is 4.79 Å². The quantitative estimate of drug-likeness (QED) is 0.774. The molecule has 2 heterocycles. The number of rotatable bonds is 5. The highest BCUT2D eigenvalue weighted by molar-refractivity contribution is 5.84. The van der Waals surface area contributed by atoms with Gasteiger partial charge in [-0.2, -0.15) is 5.10 Å². The lowest BCUT2D eigenvalue weighted by Crippen LogP contribution is -2.37. The monoisotopic (exact) mass is 323 g/mol. The van der Waals surface area contributed by atoms with Gasteiger partial charge in [-0.1, -0.05) is 0 Å². The Morgan fingerprint density at radius 3 is 3.00 bits per heavy atom. The number of hydrogen-bond donors (Lipinski definition) is 3. The van der Waals surface area contributed by atoms with Crippen LogP contribution in [0.2, 0.25) is 0 Å². The van der Waals surface area contributed by atoms with Crippen LogP contribution in [-0.4, -0.2) is 53.5 Å². The number of nitrogens with zero attached hydrogens (tertiary/aromatic N) is 2. The van der Waals surface area contributed by atoms with E-state index in [0.717, 1.165) is 18.7 Å². The van der Waals surface area contributed by atoms with E-state index >= 15 is 0 Å². The summed E-state index contributed by atoms with van der Waals surface area (Å²) in [5.74, 6) is 1.27. The van der Waals surface area contributed by atoms with Crippen LogP contribution in [0.1, 0.15) is 39.2 Å². The molecule has 1 fully saturated rings. The van der Waals surface area contributed by atoms with Crippen molar-refractivity contribution in [3.05, 3.63) is 11.8 Å². The summed E-state index contributed by atoms with van der Waals surface area (Å²) >= 11 is 0. The van der Waals surface area contributed by atoms with Crippen molar-refractivity contribution in [3.63, 3.8) is 0 Å². The van der Waals surface area contributed by atoms with Gasteiger partial charge in [0.1, 0.15) is 11.4 Å². The fraction of sp³-hybridized carbons (Fsp3) is 0.750. The van der Waals surface area contributed by atoms with Gasteiger partial charge in [-0.15, -0.1) is 0 Å². The fourth-order valence-electron chi connectivity index (χ4n) is 2.81. The fourth-order valence-corrected chi connectivity index (χ4v) is 2.81. The predicted molar refractivity (Wildman–Crippen MR) is 90.4 cm³/mol. The van der Waals surface area contributed by atoms with Crippen molar-refractivity contribution >= 4 is 11.9 Å². The molecule has 3 N–H and O–H groups in total. The first-order valence-corrected chi connectivity index (χ1v) is 8.25. The number of aromatic nitrogens is 2. The van der Waals surface area contributed by atoms with E-state index in [0.29, 0.717) is 18.3 Å². The molecule has 7 heteroatoms. The molecule has 0 spiro atoms. The lowest BCUT2D eigenvalue weighted by atomic mass is 9.98. The highest BCUT2D eigenvalue weighted by Gasteiger charge is 2.19. The number of ether oxygens (including phenoxy) is 1. The van der Waals surface area contributed by atoms with Crippen LogP contribution >= 0.6 is 0 Å². The summed E-state index contributed by atoms with van der Waals surface area (Å²) in [7, 11) is 2.17. The minimum Gasteiger partial charge on any atom is -0.444 e. The Labute approximate surface area is 138 Å². The van der Waals surface area contributed by atoms with Crippen LogP contribution < -0.4 is 10.6 Å². The van der Waals surface area contributed by atoms with Gasteiger partial charge >= 0.3 is 6.09 Å². The standard InChI is InChI=1S/C16H29N5O2/c1-16(2,3)23-15(22)19-14-13(10-18-20-14)9-17-8-12-6-5-7-21(4)11-12/h10,12,17H,5-9,11H2,1-4H3,(H2,18,19,20,22). The topological polar surface area (TPSA) is 82.3 Å². The Hall–Kier alpha value is -1.60.